The average molecular weight is 531 g/mol. The number of nitrogens with zero attached hydrogens (tertiary/aromatic N) is 1. The van der Waals surface area contributed by atoms with E-state index in [1.165, 1.54) is 25.6 Å². The maximum absolute atomic E-state index is 12.9. The number of aryl methyl sites for hydroxylation is 1. The molecule has 1 heterocycles. The summed E-state index contributed by atoms with van der Waals surface area (Å²) in [4.78, 5) is 30.3. The van der Waals surface area contributed by atoms with Crippen molar-refractivity contribution in [3.8, 4) is 11.5 Å². The number of aromatic nitrogens is 1. The predicted molar refractivity (Wildman–Crippen MR) is 138 cm³/mol. The lowest BCUT2D eigenvalue weighted by molar-refractivity contribution is -0.121. The molecule has 0 radical (unpaired) electrons. The summed E-state index contributed by atoms with van der Waals surface area (Å²) in [5.41, 5.74) is 2.64. The van der Waals surface area contributed by atoms with Crippen LogP contribution in [0.3, 0.4) is 0 Å². The van der Waals surface area contributed by atoms with Gasteiger partial charge < -0.3 is 24.1 Å². The number of benzene rings is 2. The van der Waals surface area contributed by atoms with Crippen molar-refractivity contribution in [3.05, 3.63) is 69.7 Å². The van der Waals surface area contributed by atoms with Gasteiger partial charge in [0.2, 0.25) is 5.91 Å². The fourth-order valence-corrected chi connectivity index (χ4v) is 4.90. The van der Waals surface area contributed by atoms with E-state index in [2.05, 4.69) is 15.0 Å². The van der Waals surface area contributed by atoms with Crippen molar-refractivity contribution in [3.63, 3.8) is 0 Å². The second-order valence-corrected chi connectivity index (χ2v) is 9.42. The number of ether oxygens (including phenoxy) is 2. The van der Waals surface area contributed by atoms with Gasteiger partial charge in [-0.2, -0.15) is 0 Å². The number of thiazole rings is 1. The minimum Gasteiger partial charge on any atom is -0.755 e. The number of carbonyl (C=O) groups is 2. The highest BCUT2D eigenvalue weighted by Gasteiger charge is 2.21. The third-order valence-corrected chi connectivity index (χ3v) is 6.85. The van der Waals surface area contributed by atoms with Crippen molar-refractivity contribution in [2.75, 3.05) is 18.9 Å². The van der Waals surface area contributed by atoms with Crippen molar-refractivity contribution in [1.29, 1.82) is 0 Å². The smallest absolute Gasteiger partial charge is 0.221 e. The number of nitrogens with one attached hydrogen (secondary N) is 2. The largest absolute Gasteiger partial charge is 0.755 e. The van der Waals surface area contributed by atoms with E-state index < -0.39 is 17.3 Å². The van der Waals surface area contributed by atoms with Gasteiger partial charge in [0.05, 0.1) is 31.5 Å². The molecular formula is C25H28N3O6S2-. The monoisotopic (exact) mass is 530 g/mol. The first-order valence-electron chi connectivity index (χ1n) is 11.3. The molecular weight excluding hydrogens is 502 g/mol. The van der Waals surface area contributed by atoms with E-state index in [0.717, 1.165) is 22.7 Å². The summed E-state index contributed by atoms with van der Waals surface area (Å²) in [7, 11) is 2.96. The molecule has 1 aromatic heterocycles. The molecule has 192 valence electrons. The first-order valence-corrected chi connectivity index (χ1v) is 13.2. The van der Waals surface area contributed by atoms with Crippen molar-refractivity contribution in [2.24, 2.45) is 0 Å². The Morgan fingerprint density at radius 3 is 2.47 bits per heavy atom. The number of carbonyl (C=O) groups excluding carboxylic acids is 2. The van der Waals surface area contributed by atoms with Crippen LogP contribution in [0.4, 0.5) is 5.69 Å². The normalized spacial score (nSPS) is 12.4. The summed E-state index contributed by atoms with van der Waals surface area (Å²) >= 11 is -0.934. The molecule has 11 heteroatoms. The molecule has 36 heavy (non-hydrogen) atoms. The molecule has 3 rings (SSSR count). The fourth-order valence-electron chi connectivity index (χ4n) is 3.62. The topological polar surface area (TPSA) is 130 Å². The summed E-state index contributed by atoms with van der Waals surface area (Å²) in [6, 6.07) is 11.6. The molecule has 1 unspecified atom stereocenters. The van der Waals surface area contributed by atoms with Gasteiger partial charge in [-0.05, 0) is 42.7 Å². The van der Waals surface area contributed by atoms with Gasteiger partial charge >= 0.3 is 0 Å². The number of amides is 1. The van der Waals surface area contributed by atoms with Gasteiger partial charge in [-0.25, -0.2) is 4.98 Å². The molecule has 0 fully saturated rings. The van der Waals surface area contributed by atoms with Gasteiger partial charge in [0.15, 0.2) is 17.3 Å². The summed E-state index contributed by atoms with van der Waals surface area (Å²) in [6.45, 7) is 2.01. The molecule has 2 N–H and O–H groups in total. The van der Waals surface area contributed by atoms with Crippen LogP contribution in [0.25, 0.3) is 0 Å². The van der Waals surface area contributed by atoms with Gasteiger partial charge in [-0.15, -0.1) is 11.3 Å². The molecule has 0 aliphatic rings. The van der Waals surface area contributed by atoms with Crippen LogP contribution in [0.2, 0.25) is 0 Å². The third-order valence-electron chi connectivity index (χ3n) is 5.44. The molecule has 0 aliphatic carbocycles. The Labute approximate surface area is 216 Å². The number of anilines is 1. The number of Topliss-reactive ketones (excluding diaryl/α,β-unsaturated/α-hetero) is 1. The third kappa shape index (κ3) is 7.36. The SMILES string of the molecule is CCc1csc([C@H](Cc2ccc(NS(=O)[O-])cc2)NC(=O)CCC(=O)c2cccc(OC)c2OC)n1. The van der Waals surface area contributed by atoms with Crippen molar-refractivity contribution < 1.29 is 27.8 Å². The molecule has 3 aromatic rings. The van der Waals surface area contributed by atoms with E-state index in [1.807, 2.05) is 12.3 Å². The lowest BCUT2D eigenvalue weighted by Crippen LogP contribution is -2.30. The lowest BCUT2D eigenvalue weighted by Gasteiger charge is -2.18. The second kappa shape index (κ2) is 13.1. The lowest BCUT2D eigenvalue weighted by atomic mass is 10.0. The van der Waals surface area contributed by atoms with E-state index in [1.54, 1.807) is 42.5 Å². The first-order chi connectivity index (χ1) is 17.3. The number of ketones is 1. The predicted octanol–water partition coefficient (Wildman–Crippen LogP) is 3.99. The summed E-state index contributed by atoms with van der Waals surface area (Å²) in [5.74, 6) is 0.297. The molecule has 0 spiro atoms. The summed E-state index contributed by atoms with van der Waals surface area (Å²) < 4.78 is 34.6. The average Bonchev–Trinajstić information content (AvgIpc) is 3.36. The Hall–Kier alpha value is -3.28. The molecule has 0 aliphatic heterocycles. The number of hydrogen-bond acceptors (Lipinski definition) is 8. The Kier molecular flexibility index (Phi) is 9.97. The van der Waals surface area contributed by atoms with Crippen LogP contribution >= 0.6 is 11.3 Å². The molecule has 0 bridgehead atoms. The maximum Gasteiger partial charge on any atom is 0.221 e. The van der Waals surface area contributed by atoms with E-state index in [4.69, 9.17) is 9.47 Å². The van der Waals surface area contributed by atoms with Crippen LogP contribution in [-0.4, -0.2) is 39.7 Å². The minimum atomic E-state index is -2.40. The second-order valence-electron chi connectivity index (χ2n) is 7.85. The van der Waals surface area contributed by atoms with Crippen LogP contribution < -0.4 is 19.5 Å². The summed E-state index contributed by atoms with van der Waals surface area (Å²) in [6.07, 6.45) is 1.24. The number of rotatable bonds is 13. The fraction of sp³-hybridized carbons (Fsp3) is 0.320. The standard InChI is InChI=1S/C25H29N3O6S2/c1-4-17-15-35-25(26-17)20(14-16-8-10-18(11-9-16)28-36(31)32)27-23(30)13-12-21(29)19-6-5-7-22(33-2)24(19)34-3/h5-11,15,20,28H,4,12-14H2,1-3H3,(H,27,30)(H,31,32)/p-1/t20-/m0/s1. The highest BCUT2D eigenvalue weighted by Crippen LogP contribution is 2.31. The van der Waals surface area contributed by atoms with Crippen LogP contribution in [0.1, 0.15) is 52.4 Å². The van der Waals surface area contributed by atoms with Gasteiger partial charge in [0.1, 0.15) is 5.01 Å². The maximum atomic E-state index is 12.9. The molecule has 9 nitrogen and oxygen atoms in total. The van der Waals surface area contributed by atoms with Crippen LogP contribution in [0.15, 0.2) is 47.8 Å². The van der Waals surface area contributed by atoms with Gasteiger partial charge in [-0.3, -0.25) is 13.8 Å². The molecule has 0 saturated heterocycles. The minimum absolute atomic E-state index is 0.000120. The van der Waals surface area contributed by atoms with Crippen LogP contribution in [0, 0.1) is 0 Å². The van der Waals surface area contributed by atoms with Crippen molar-refractivity contribution >= 4 is 40.0 Å². The molecule has 0 saturated carbocycles. The number of methoxy groups -OCH3 is 2. The zero-order chi connectivity index (χ0) is 26.1. The number of hydrogen-bond donors (Lipinski definition) is 2. The number of para-hydroxylation sites is 1. The van der Waals surface area contributed by atoms with Crippen molar-refractivity contribution in [1.82, 2.24) is 10.3 Å². The van der Waals surface area contributed by atoms with Gasteiger partial charge in [0, 0.05) is 35.2 Å². The molecule has 2 aromatic carbocycles. The van der Waals surface area contributed by atoms with E-state index in [-0.39, 0.29) is 24.5 Å². The van der Waals surface area contributed by atoms with Gasteiger partial charge in [0.25, 0.3) is 0 Å². The molecule has 2 atom stereocenters. The Balaban J connectivity index is 1.69. The van der Waals surface area contributed by atoms with E-state index >= 15 is 0 Å². The van der Waals surface area contributed by atoms with Gasteiger partial charge in [-0.1, -0.05) is 25.1 Å². The van der Waals surface area contributed by atoms with Crippen molar-refractivity contribution in [2.45, 2.75) is 38.6 Å². The zero-order valence-electron chi connectivity index (χ0n) is 20.2. The Morgan fingerprint density at radius 1 is 1.11 bits per heavy atom. The quantitative estimate of drug-likeness (QED) is 0.252. The first kappa shape index (κ1) is 27.3. The Bertz CT molecular complexity index is 1210. The van der Waals surface area contributed by atoms with E-state index in [0.29, 0.717) is 29.2 Å². The highest BCUT2D eigenvalue weighted by atomic mass is 32.2. The highest BCUT2D eigenvalue weighted by molar-refractivity contribution is 7.80. The van der Waals surface area contributed by atoms with Crippen LogP contribution in [-0.2, 0) is 28.9 Å². The van der Waals surface area contributed by atoms with E-state index in [9.17, 15) is 18.4 Å². The summed E-state index contributed by atoms with van der Waals surface area (Å²) in [5, 5.41) is 5.74. The zero-order valence-corrected chi connectivity index (χ0v) is 21.9. The van der Waals surface area contributed by atoms with Crippen LogP contribution in [0.5, 0.6) is 11.5 Å². The Morgan fingerprint density at radius 2 is 1.86 bits per heavy atom. The molecule has 1 amide bonds.